The molecule has 5 rings (SSSR count). The van der Waals surface area contributed by atoms with Crippen molar-refractivity contribution in [2.24, 2.45) is 5.92 Å². The number of rotatable bonds is 5. The summed E-state index contributed by atoms with van der Waals surface area (Å²) in [7, 11) is 3.14. The Kier molecular flexibility index (Phi) is 5.53. The Morgan fingerprint density at radius 2 is 1.88 bits per heavy atom. The summed E-state index contributed by atoms with van der Waals surface area (Å²) in [5.41, 5.74) is 2.43. The van der Waals surface area contributed by atoms with Crippen molar-refractivity contribution >= 4 is 22.6 Å². The standard InChI is InChI=1S/C25H21F2N5O2/c1-28-25(33)17-12-32(13-17)24-18-8-16(14-5-6-19(26)20(27)9-14)10-21(34-2)22(18)30-23(31-24)15-4-3-7-29-11-15/h3-11,17H,12-13H2,1-2H3,(H,28,33). The zero-order valence-electron chi connectivity index (χ0n) is 18.5. The van der Waals surface area contributed by atoms with Gasteiger partial charge in [0.05, 0.1) is 13.0 Å². The van der Waals surface area contributed by atoms with E-state index in [9.17, 15) is 13.6 Å². The predicted molar refractivity (Wildman–Crippen MR) is 124 cm³/mol. The van der Waals surface area contributed by atoms with Crippen molar-refractivity contribution in [2.75, 3.05) is 32.1 Å². The minimum Gasteiger partial charge on any atom is -0.494 e. The molecule has 172 valence electrons. The van der Waals surface area contributed by atoms with Gasteiger partial charge in [0.25, 0.3) is 0 Å². The van der Waals surface area contributed by atoms with Crippen molar-refractivity contribution < 1.29 is 18.3 Å². The van der Waals surface area contributed by atoms with E-state index in [-0.39, 0.29) is 11.8 Å². The maximum Gasteiger partial charge on any atom is 0.226 e. The number of nitrogens with zero attached hydrogens (tertiary/aromatic N) is 4. The number of methoxy groups -OCH3 is 1. The maximum atomic E-state index is 13.9. The van der Waals surface area contributed by atoms with E-state index < -0.39 is 11.6 Å². The molecule has 1 fully saturated rings. The highest BCUT2D eigenvalue weighted by Gasteiger charge is 2.34. The molecule has 4 aromatic rings. The zero-order chi connectivity index (χ0) is 23.8. The summed E-state index contributed by atoms with van der Waals surface area (Å²) in [5.74, 6) is -0.451. The molecule has 2 aromatic carbocycles. The van der Waals surface area contributed by atoms with Crippen molar-refractivity contribution in [3.8, 4) is 28.3 Å². The smallest absolute Gasteiger partial charge is 0.226 e. The van der Waals surface area contributed by atoms with Gasteiger partial charge in [-0.2, -0.15) is 0 Å². The van der Waals surface area contributed by atoms with E-state index in [1.807, 2.05) is 17.0 Å². The first-order chi connectivity index (χ1) is 16.5. The topological polar surface area (TPSA) is 80.2 Å². The van der Waals surface area contributed by atoms with Crippen LogP contribution in [0.2, 0.25) is 0 Å². The second-order valence-electron chi connectivity index (χ2n) is 8.03. The lowest BCUT2D eigenvalue weighted by Gasteiger charge is -2.39. The van der Waals surface area contributed by atoms with Gasteiger partial charge in [-0.05, 0) is 47.5 Å². The lowest BCUT2D eigenvalue weighted by molar-refractivity contribution is -0.125. The Morgan fingerprint density at radius 1 is 1.06 bits per heavy atom. The fraction of sp³-hybridized carbons (Fsp3) is 0.200. The van der Waals surface area contributed by atoms with Gasteiger partial charge >= 0.3 is 0 Å². The monoisotopic (exact) mass is 461 g/mol. The summed E-state index contributed by atoms with van der Waals surface area (Å²) in [6.07, 6.45) is 3.35. The number of hydrogen-bond donors (Lipinski definition) is 1. The molecule has 0 bridgehead atoms. The van der Waals surface area contributed by atoms with Gasteiger partial charge in [-0.15, -0.1) is 0 Å². The van der Waals surface area contributed by atoms with Crippen LogP contribution in [0.1, 0.15) is 0 Å². The van der Waals surface area contributed by atoms with Crippen LogP contribution in [0, 0.1) is 17.6 Å². The average molecular weight is 461 g/mol. The first kappa shape index (κ1) is 21.7. The highest BCUT2D eigenvalue weighted by Crippen LogP contribution is 2.39. The van der Waals surface area contributed by atoms with Gasteiger partial charge in [0.1, 0.15) is 17.1 Å². The maximum absolute atomic E-state index is 13.9. The summed E-state index contributed by atoms with van der Waals surface area (Å²) < 4.78 is 33.1. The molecule has 1 N–H and O–H groups in total. The van der Waals surface area contributed by atoms with Gasteiger partial charge < -0.3 is 15.0 Å². The van der Waals surface area contributed by atoms with E-state index in [1.165, 1.54) is 13.2 Å². The number of nitrogens with one attached hydrogen (secondary N) is 1. The minimum atomic E-state index is -0.934. The van der Waals surface area contributed by atoms with Crippen molar-refractivity contribution in [1.82, 2.24) is 20.3 Å². The number of pyridine rings is 1. The third-order valence-corrected chi connectivity index (χ3v) is 5.94. The number of carbonyl (C=O) groups is 1. The van der Waals surface area contributed by atoms with Gasteiger partial charge in [0.2, 0.25) is 5.91 Å². The number of hydrogen-bond acceptors (Lipinski definition) is 6. The van der Waals surface area contributed by atoms with Gasteiger partial charge in [-0.3, -0.25) is 9.78 Å². The SMILES string of the molecule is CNC(=O)C1CN(c2nc(-c3cccnc3)nc3c(OC)cc(-c4ccc(F)c(F)c4)cc23)C1. The van der Waals surface area contributed by atoms with Crippen LogP contribution in [0.3, 0.4) is 0 Å². The molecule has 0 unspecified atom stereocenters. The van der Waals surface area contributed by atoms with E-state index in [0.717, 1.165) is 17.7 Å². The van der Waals surface area contributed by atoms with Crippen molar-refractivity contribution in [2.45, 2.75) is 0 Å². The summed E-state index contributed by atoms with van der Waals surface area (Å²) in [5, 5.41) is 3.36. The first-order valence-corrected chi connectivity index (χ1v) is 10.7. The van der Waals surface area contributed by atoms with Crippen molar-refractivity contribution in [3.05, 3.63) is 66.5 Å². The molecule has 2 aromatic heterocycles. The molecule has 1 amide bonds. The Labute approximate surface area is 194 Å². The molecule has 0 aliphatic carbocycles. The van der Waals surface area contributed by atoms with E-state index in [2.05, 4.69) is 10.3 Å². The first-order valence-electron chi connectivity index (χ1n) is 10.7. The third kappa shape index (κ3) is 3.79. The molecule has 0 spiro atoms. The fourth-order valence-corrected chi connectivity index (χ4v) is 4.07. The Hall–Kier alpha value is -4.14. The molecule has 0 radical (unpaired) electrons. The van der Waals surface area contributed by atoms with Gasteiger partial charge in [0.15, 0.2) is 17.5 Å². The van der Waals surface area contributed by atoms with Crippen LogP contribution >= 0.6 is 0 Å². The van der Waals surface area contributed by atoms with Crippen LogP contribution in [0.15, 0.2) is 54.9 Å². The van der Waals surface area contributed by atoms with Crippen LogP contribution in [0.4, 0.5) is 14.6 Å². The summed E-state index contributed by atoms with van der Waals surface area (Å²) in [4.78, 5) is 27.8. The van der Waals surface area contributed by atoms with Crippen LogP contribution < -0.4 is 15.0 Å². The highest BCUT2D eigenvalue weighted by atomic mass is 19.2. The van der Waals surface area contributed by atoms with Crippen LogP contribution in [-0.2, 0) is 4.79 Å². The fourth-order valence-electron chi connectivity index (χ4n) is 4.07. The minimum absolute atomic E-state index is 0.0258. The quantitative estimate of drug-likeness (QED) is 0.487. The van der Waals surface area contributed by atoms with Crippen LogP contribution in [0.5, 0.6) is 5.75 Å². The second kappa shape index (κ2) is 8.66. The number of halogens is 2. The normalized spacial score (nSPS) is 13.6. The molecule has 1 aliphatic rings. The van der Waals surface area contributed by atoms with Gasteiger partial charge in [-0.25, -0.2) is 18.7 Å². The zero-order valence-corrected chi connectivity index (χ0v) is 18.5. The largest absolute Gasteiger partial charge is 0.494 e. The van der Waals surface area contributed by atoms with E-state index in [4.69, 9.17) is 14.7 Å². The molecule has 0 saturated carbocycles. The van der Waals surface area contributed by atoms with E-state index in [1.54, 1.807) is 31.6 Å². The Balaban J connectivity index is 1.70. The number of carbonyl (C=O) groups excluding carboxylic acids is 1. The Bertz CT molecular complexity index is 1390. The molecule has 0 atom stereocenters. The van der Waals surface area contributed by atoms with Crippen LogP contribution in [-0.4, -0.2) is 48.1 Å². The molecular weight excluding hydrogens is 440 g/mol. The number of benzene rings is 2. The van der Waals surface area contributed by atoms with E-state index >= 15 is 0 Å². The number of anilines is 1. The van der Waals surface area contributed by atoms with Crippen molar-refractivity contribution in [3.63, 3.8) is 0 Å². The molecule has 7 nitrogen and oxygen atoms in total. The molecule has 1 saturated heterocycles. The number of ether oxygens (including phenoxy) is 1. The Morgan fingerprint density at radius 3 is 2.56 bits per heavy atom. The second-order valence-corrected chi connectivity index (χ2v) is 8.03. The molecular formula is C25H21F2N5O2. The predicted octanol–water partition coefficient (Wildman–Crippen LogP) is 3.83. The highest BCUT2D eigenvalue weighted by molar-refractivity contribution is 5.99. The summed E-state index contributed by atoms with van der Waals surface area (Å²) in [6.45, 7) is 0.992. The summed E-state index contributed by atoms with van der Waals surface area (Å²) in [6, 6.07) is 11.0. The number of amides is 1. The van der Waals surface area contributed by atoms with E-state index in [0.29, 0.717) is 52.5 Å². The van der Waals surface area contributed by atoms with Crippen molar-refractivity contribution in [1.29, 1.82) is 0 Å². The molecule has 9 heteroatoms. The number of aromatic nitrogens is 3. The molecule has 1 aliphatic heterocycles. The molecule has 3 heterocycles. The van der Waals surface area contributed by atoms with Gasteiger partial charge in [0, 0.05) is 43.5 Å². The summed E-state index contributed by atoms with van der Waals surface area (Å²) >= 11 is 0. The third-order valence-electron chi connectivity index (χ3n) is 5.94. The average Bonchev–Trinajstić information content (AvgIpc) is 2.84. The number of fused-ring (bicyclic) bond motifs is 1. The lowest BCUT2D eigenvalue weighted by Crippen LogP contribution is -2.53. The van der Waals surface area contributed by atoms with Crippen LogP contribution in [0.25, 0.3) is 33.4 Å². The van der Waals surface area contributed by atoms with Gasteiger partial charge in [-0.1, -0.05) is 6.07 Å². The lowest BCUT2D eigenvalue weighted by atomic mass is 9.97. The molecule has 34 heavy (non-hydrogen) atoms.